The van der Waals surface area contributed by atoms with Crippen LogP contribution in [0.4, 0.5) is 0 Å². The number of primary amides is 1. The highest BCUT2D eigenvalue weighted by molar-refractivity contribution is 5.79. The first kappa shape index (κ1) is 15.5. The van der Waals surface area contributed by atoms with Crippen LogP contribution in [0.3, 0.4) is 0 Å². The molecule has 1 rings (SSSR count). The van der Waals surface area contributed by atoms with Gasteiger partial charge in [-0.1, -0.05) is 26.0 Å². The molecule has 0 bridgehead atoms. The first-order valence-corrected chi connectivity index (χ1v) is 6.87. The van der Waals surface area contributed by atoms with Crippen molar-refractivity contribution >= 4 is 5.91 Å². The lowest BCUT2D eigenvalue weighted by atomic mass is 10.1. The topological polar surface area (TPSA) is 64.3 Å². The summed E-state index contributed by atoms with van der Waals surface area (Å²) in [7, 11) is 0. The Hall–Kier alpha value is -1.55. The Morgan fingerprint density at radius 2 is 1.95 bits per heavy atom. The SMILES string of the molecule is CCCNC(C)c1ccc(OC(CC)C(N)=O)cc1. The van der Waals surface area contributed by atoms with Crippen molar-refractivity contribution in [3.05, 3.63) is 29.8 Å². The number of hydrogen-bond donors (Lipinski definition) is 2. The zero-order valence-electron chi connectivity index (χ0n) is 12.0. The molecule has 0 saturated carbocycles. The molecular formula is C15H24N2O2. The van der Waals surface area contributed by atoms with E-state index in [0.717, 1.165) is 13.0 Å². The van der Waals surface area contributed by atoms with Gasteiger partial charge in [-0.3, -0.25) is 4.79 Å². The second-order valence-corrected chi connectivity index (χ2v) is 4.66. The quantitative estimate of drug-likeness (QED) is 0.757. The molecule has 1 aromatic carbocycles. The standard InChI is InChI=1S/C15H24N2O2/c1-4-10-17-11(3)12-6-8-13(9-7-12)19-14(5-2)15(16)18/h6-9,11,14,17H,4-5,10H2,1-3H3,(H2,16,18). The van der Waals surface area contributed by atoms with Crippen LogP contribution in [0.25, 0.3) is 0 Å². The number of benzene rings is 1. The molecule has 4 nitrogen and oxygen atoms in total. The van der Waals surface area contributed by atoms with Gasteiger partial charge >= 0.3 is 0 Å². The van der Waals surface area contributed by atoms with E-state index in [4.69, 9.17) is 10.5 Å². The third-order valence-electron chi connectivity index (χ3n) is 3.05. The highest BCUT2D eigenvalue weighted by Gasteiger charge is 2.14. The van der Waals surface area contributed by atoms with Crippen LogP contribution in [0.5, 0.6) is 5.75 Å². The molecule has 0 spiro atoms. The van der Waals surface area contributed by atoms with Crippen molar-refractivity contribution in [1.29, 1.82) is 0 Å². The lowest BCUT2D eigenvalue weighted by Gasteiger charge is -2.16. The third kappa shape index (κ3) is 4.91. The second-order valence-electron chi connectivity index (χ2n) is 4.66. The number of nitrogens with one attached hydrogen (secondary N) is 1. The number of rotatable bonds is 8. The average Bonchev–Trinajstić information content (AvgIpc) is 2.42. The zero-order valence-corrected chi connectivity index (χ0v) is 12.0. The fourth-order valence-electron chi connectivity index (χ4n) is 1.82. The molecule has 3 N–H and O–H groups in total. The van der Waals surface area contributed by atoms with Gasteiger partial charge in [-0.05, 0) is 44.0 Å². The monoisotopic (exact) mass is 264 g/mol. The Bertz CT molecular complexity index is 390. The lowest BCUT2D eigenvalue weighted by Crippen LogP contribution is -2.32. The maximum Gasteiger partial charge on any atom is 0.258 e. The fourth-order valence-corrected chi connectivity index (χ4v) is 1.82. The second kappa shape index (κ2) is 7.79. The van der Waals surface area contributed by atoms with Gasteiger partial charge in [-0.25, -0.2) is 0 Å². The summed E-state index contributed by atoms with van der Waals surface area (Å²) < 4.78 is 5.55. The van der Waals surface area contributed by atoms with Crippen LogP contribution in [0.15, 0.2) is 24.3 Å². The van der Waals surface area contributed by atoms with Gasteiger partial charge in [0.25, 0.3) is 5.91 Å². The number of carbonyl (C=O) groups is 1. The Morgan fingerprint density at radius 1 is 1.32 bits per heavy atom. The number of nitrogens with two attached hydrogens (primary N) is 1. The van der Waals surface area contributed by atoms with E-state index in [1.165, 1.54) is 5.56 Å². The van der Waals surface area contributed by atoms with Gasteiger partial charge < -0.3 is 15.8 Å². The number of amides is 1. The minimum atomic E-state index is -0.554. The van der Waals surface area contributed by atoms with Crippen molar-refractivity contribution in [1.82, 2.24) is 5.32 Å². The maximum absolute atomic E-state index is 11.1. The minimum Gasteiger partial charge on any atom is -0.481 e. The molecule has 0 aliphatic heterocycles. The maximum atomic E-state index is 11.1. The van der Waals surface area contributed by atoms with Gasteiger partial charge in [0, 0.05) is 6.04 Å². The normalized spacial score (nSPS) is 13.8. The van der Waals surface area contributed by atoms with E-state index in [1.54, 1.807) is 0 Å². The molecule has 0 aliphatic rings. The van der Waals surface area contributed by atoms with Crippen LogP contribution in [0.1, 0.15) is 45.2 Å². The van der Waals surface area contributed by atoms with Gasteiger partial charge in [0.1, 0.15) is 5.75 Å². The van der Waals surface area contributed by atoms with Gasteiger partial charge in [0.2, 0.25) is 0 Å². The molecule has 1 amide bonds. The predicted molar refractivity (Wildman–Crippen MR) is 77.1 cm³/mol. The van der Waals surface area contributed by atoms with Gasteiger partial charge in [-0.15, -0.1) is 0 Å². The molecule has 0 radical (unpaired) electrons. The summed E-state index contributed by atoms with van der Waals surface area (Å²) in [6, 6.07) is 8.09. The largest absolute Gasteiger partial charge is 0.481 e. The van der Waals surface area contributed by atoms with Crippen LogP contribution in [0.2, 0.25) is 0 Å². The highest BCUT2D eigenvalue weighted by atomic mass is 16.5. The summed E-state index contributed by atoms with van der Waals surface area (Å²) >= 11 is 0. The molecule has 0 saturated heterocycles. The van der Waals surface area contributed by atoms with Crippen LogP contribution in [-0.4, -0.2) is 18.6 Å². The Kier molecular flexibility index (Phi) is 6.36. The van der Waals surface area contributed by atoms with Crippen LogP contribution in [-0.2, 0) is 4.79 Å². The summed E-state index contributed by atoms with van der Waals surface area (Å²) in [5.41, 5.74) is 6.46. The smallest absolute Gasteiger partial charge is 0.258 e. The van der Waals surface area contributed by atoms with Gasteiger partial charge in [0.05, 0.1) is 0 Å². The predicted octanol–water partition coefficient (Wildman–Crippen LogP) is 2.39. The third-order valence-corrected chi connectivity index (χ3v) is 3.05. The van der Waals surface area contributed by atoms with Crippen LogP contribution < -0.4 is 15.8 Å². The molecule has 0 aromatic heterocycles. The number of ether oxygens (including phenoxy) is 1. The Morgan fingerprint density at radius 3 is 2.42 bits per heavy atom. The molecule has 106 valence electrons. The van der Waals surface area contributed by atoms with Crippen molar-refractivity contribution < 1.29 is 9.53 Å². The van der Waals surface area contributed by atoms with E-state index in [0.29, 0.717) is 18.2 Å². The average molecular weight is 264 g/mol. The molecule has 2 unspecified atom stereocenters. The first-order chi connectivity index (χ1) is 9.08. The molecular weight excluding hydrogens is 240 g/mol. The Balaban J connectivity index is 2.63. The molecule has 0 aliphatic carbocycles. The fraction of sp³-hybridized carbons (Fsp3) is 0.533. The van der Waals surface area contributed by atoms with E-state index in [2.05, 4.69) is 19.2 Å². The van der Waals surface area contributed by atoms with E-state index >= 15 is 0 Å². The summed E-state index contributed by atoms with van der Waals surface area (Å²) in [6.07, 6.45) is 1.13. The molecule has 1 aromatic rings. The summed E-state index contributed by atoms with van der Waals surface area (Å²) in [6.45, 7) is 7.15. The van der Waals surface area contributed by atoms with Crippen molar-refractivity contribution in [2.45, 2.75) is 45.8 Å². The molecule has 19 heavy (non-hydrogen) atoms. The molecule has 4 heteroatoms. The molecule has 2 atom stereocenters. The zero-order chi connectivity index (χ0) is 14.3. The van der Waals surface area contributed by atoms with Crippen molar-refractivity contribution in [2.75, 3.05) is 6.54 Å². The van der Waals surface area contributed by atoms with Crippen LogP contribution in [0, 0.1) is 0 Å². The van der Waals surface area contributed by atoms with Crippen molar-refractivity contribution in [3.63, 3.8) is 0 Å². The minimum absolute atomic E-state index is 0.312. The van der Waals surface area contributed by atoms with Crippen LogP contribution >= 0.6 is 0 Å². The summed E-state index contributed by atoms with van der Waals surface area (Å²) in [5, 5.41) is 3.42. The summed E-state index contributed by atoms with van der Waals surface area (Å²) in [4.78, 5) is 11.1. The van der Waals surface area contributed by atoms with Gasteiger partial charge in [0.15, 0.2) is 6.10 Å². The highest BCUT2D eigenvalue weighted by Crippen LogP contribution is 2.19. The Labute approximate surface area is 115 Å². The number of carbonyl (C=O) groups excluding carboxylic acids is 1. The van der Waals surface area contributed by atoms with Gasteiger partial charge in [-0.2, -0.15) is 0 Å². The molecule has 0 heterocycles. The van der Waals surface area contributed by atoms with E-state index in [1.807, 2.05) is 31.2 Å². The van der Waals surface area contributed by atoms with Crippen molar-refractivity contribution in [2.24, 2.45) is 5.73 Å². The molecule has 0 fully saturated rings. The lowest BCUT2D eigenvalue weighted by molar-refractivity contribution is -0.124. The van der Waals surface area contributed by atoms with E-state index < -0.39 is 12.0 Å². The van der Waals surface area contributed by atoms with Crippen molar-refractivity contribution in [3.8, 4) is 5.75 Å². The number of hydrogen-bond acceptors (Lipinski definition) is 3. The van der Waals surface area contributed by atoms with E-state index in [9.17, 15) is 4.79 Å². The first-order valence-electron chi connectivity index (χ1n) is 6.87. The summed E-state index contributed by atoms with van der Waals surface area (Å²) in [5.74, 6) is 0.252. The van der Waals surface area contributed by atoms with E-state index in [-0.39, 0.29) is 0 Å².